The molecule has 0 bridgehead atoms. The Morgan fingerprint density at radius 1 is 1.19 bits per heavy atom. The highest BCUT2D eigenvalue weighted by molar-refractivity contribution is 5.92. The fourth-order valence-corrected chi connectivity index (χ4v) is 3.68. The first-order valence-corrected chi connectivity index (χ1v) is 9.12. The van der Waals surface area contributed by atoms with Crippen molar-refractivity contribution in [1.29, 1.82) is 0 Å². The van der Waals surface area contributed by atoms with Crippen LogP contribution in [0.5, 0.6) is 5.75 Å². The van der Waals surface area contributed by atoms with Gasteiger partial charge < -0.3 is 20.5 Å². The van der Waals surface area contributed by atoms with Crippen LogP contribution in [0.4, 0.5) is 18.9 Å². The van der Waals surface area contributed by atoms with Gasteiger partial charge in [0.1, 0.15) is 5.75 Å². The van der Waals surface area contributed by atoms with Gasteiger partial charge in [-0.15, -0.1) is 13.2 Å². The first kappa shape index (κ1) is 19.8. The smallest absolute Gasteiger partial charge is 0.406 e. The lowest BCUT2D eigenvalue weighted by Crippen LogP contribution is -2.53. The molecule has 0 radical (unpaired) electrons. The van der Waals surface area contributed by atoms with E-state index in [0.717, 1.165) is 39.1 Å². The zero-order valence-corrected chi connectivity index (χ0v) is 15.1. The second kappa shape index (κ2) is 8.35. The summed E-state index contributed by atoms with van der Waals surface area (Å²) >= 11 is 0. The number of nitrogens with one attached hydrogen (secondary N) is 1. The molecular weight excluding hydrogens is 361 g/mol. The van der Waals surface area contributed by atoms with Gasteiger partial charge in [-0.25, -0.2) is 0 Å². The summed E-state index contributed by atoms with van der Waals surface area (Å²) in [6, 6.07) is 5.39. The molecule has 0 aromatic heterocycles. The quantitative estimate of drug-likeness (QED) is 0.601. The topological polar surface area (TPSA) is 72.1 Å². The van der Waals surface area contributed by atoms with Gasteiger partial charge in [0.25, 0.3) is 0 Å². The lowest BCUT2D eigenvalue weighted by Gasteiger charge is -2.43. The maximum absolute atomic E-state index is 12.2. The van der Waals surface area contributed by atoms with E-state index in [1.165, 1.54) is 37.1 Å². The highest BCUT2D eigenvalue weighted by Crippen LogP contribution is 2.31. The van der Waals surface area contributed by atoms with Crippen molar-refractivity contribution in [3.05, 3.63) is 24.3 Å². The fourth-order valence-electron chi connectivity index (χ4n) is 3.68. The number of anilines is 1. The normalized spacial score (nSPS) is 21.2. The minimum Gasteiger partial charge on any atom is -0.406 e. The summed E-state index contributed by atoms with van der Waals surface area (Å²) in [7, 11) is 0. The Balaban J connectivity index is 1.60. The molecule has 0 unspecified atom stereocenters. The molecule has 2 aliphatic rings. The van der Waals surface area contributed by atoms with Gasteiger partial charge in [-0.1, -0.05) is 0 Å². The number of nitrogens with zero attached hydrogens (tertiary/aromatic N) is 2. The monoisotopic (exact) mass is 386 g/mol. The summed E-state index contributed by atoms with van der Waals surface area (Å²) in [5.41, 5.74) is 6.52. The number of hydrogen-bond acceptors (Lipinski definition) is 4. The molecule has 2 aliphatic heterocycles. The summed E-state index contributed by atoms with van der Waals surface area (Å²) in [6.45, 7) is 4.16. The maximum Gasteiger partial charge on any atom is 0.573 e. The van der Waals surface area contributed by atoms with Crippen LogP contribution in [0.2, 0.25) is 0 Å². The number of benzene rings is 1. The van der Waals surface area contributed by atoms with Crippen molar-refractivity contribution in [2.45, 2.75) is 37.6 Å². The molecule has 1 aromatic rings. The number of ether oxygens (including phenoxy) is 2. The van der Waals surface area contributed by atoms with E-state index < -0.39 is 6.36 Å². The SMILES string of the molecule is NC(=NCC1(N2CCCC2)CCOCC1)Nc1ccc(OC(F)(F)F)cc1. The second-order valence-corrected chi connectivity index (χ2v) is 6.93. The average Bonchev–Trinajstić information content (AvgIpc) is 3.17. The lowest BCUT2D eigenvalue weighted by molar-refractivity contribution is -0.274. The summed E-state index contributed by atoms with van der Waals surface area (Å²) in [6.07, 6.45) is -0.456. The Kier molecular flexibility index (Phi) is 6.11. The highest BCUT2D eigenvalue weighted by atomic mass is 19.4. The third-order valence-corrected chi connectivity index (χ3v) is 5.10. The molecule has 0 aliphatic carbocycles. The molecule has 1 aromatic carbocycles. The minimum atomic E-state index is -4.71. The predicted molar refractivity (Wildman–Crippen MR) is 96.8 cm³/mol. The molecule has 0 spiro atoms. The van der Waals surface area contributed by atoms with E-state index in [4.69, 9.17) is 10.5 Å². The summed E-state index contributed by atoms with van der Waals surface area (Å²) in [4.78, 5) is 7.01. The van der Waals surface area contributed by atoms with Crippen molar-refractivity contribution in [1.82, 2.24) is 4.90 Å². The van der Waals surface area contributed by atoms with Crippen LogP contribution >= 0.6 is 0 Å². The number of alkyl halides is 3. The lowest BCUT2D eigenvalue weighted by atomic mass is 9.88. The van der Waals surface area contributed by atoms with Gasteiger partial charge in [-0.05, 0) is 63.0 Å². The predicted octanol–water partition coefficient (Wildman–Crippen LogP) is 2.96. The van der Waals surface area contributed by atoms with Gasteiger partial charge in [0.15, 0.2) is 5.96 Å². The highest BCUT2D eigenvalue weighted by Gasteiger charge is 2.39. The van der Waals surface area contributed by atoms with Crippen LogP contribution in [0.3, 0.4) is 0 Å². The van der Waals surface area contributed by atoms with Crippen LogP contribution < -0.4 is 15.8 Å². The molecule has 2 heterocycles. The van der Waals surface area contributed by atoms with Crippen LogP contribution in [0, 0.1) is 0 Å². The Morgan fingerprint density at radius 3 is 2.41 bits per heavy atom. The van der Waals surface area contributed by atoms with E-state index in [9.17, 15) is 13.2 Å². The van der Waals surface area contributed by atoms with E-state index in [0.29, 0.717) is 12.2 Å². The second-order valence-electron chi connectivity index (χ2n) is 6.93. The Labute approximate surface area is 156 Å². The molecule has 6 nitrogen and oxygen atoms in total. The maximum atomic E-state index is 12.2. The van der Waals surface area contributed by atoms with Crippen LogP contribution in [0.1, 0.15) is 25.7 Å². The zero-order chi connectivity index (χ0) is 19.3. The molecule has 3 N–H and O–H groups in total. The number of halogens is 3. The molecule has 9 heteroatoms. The summed E-state index contributed by atoms with van der Waals surface area (Å²) in [5, 5.41) is 2.92. The van der Waals surface area contributed by atoms with E-state index >= 15 is 0 Å². The first-order valence-electron chi connectivity index (χ1n) is 9.12. The van der Waals surface area contributed by atoms with Crippen molar-refractivity contribution in [3.63, 3.8) is 0 Å². The molecule has 2 fully saturated rings. The van der Waals surface area contributed by atoms with Gasteiger partial charge in [0.2, 0.25) is 0 Å². The molecular formula is C18H25F3N4O2. The van der Waals surface area contributed by atoms with Crippen molar-refractivity contribution in [2.75, 3.05) is 38.2 Å². The number of rotatable bonds is 5. The molecule has 3 rings (SSSR count). The Morgan fingerprint density at radius 2 is 1.81 bits per heavy atom. The number of nitrogens with two attached hydrogens (primary N) is 1. The fraction of sp³-hybridized carbons (Fsp3) is 0.611. The van der Waals surface area contributed by atoms with Crippen molar-refractivity contribution >= 4 is 11.6 Å². The molecule has 27 heavy (non-hydrogen) atoms. The minimum absolute atomic E-state index is 0.0224. The molecule has 150 valence electrons. The third kappa shape index (κ3) is 5.49. The van der Waals surface area contributed by atoms with Crippen molar-refractivity contribution < 1.29 is 22.6 Å². The van der Waals surface area contributed by atoms with Gasteiger partial charge in [-0.2, -0.15) is 0 Å². The van der Waals surface area contributed by atoms with E-state index in [1.54, 1.807) is 0 Å². The van der Waals surface area contributed by atoms with Crippen LogP contribution in [0.15, 0.2) is 29.3 Å². The molecule has 0 atom stereocenters. The van der Waals surface area contributed by atoms with Gasteiger partial charge >= 0.3 is 6.36 Å². The Hall–Kier alpha value is -2.00. The summed E-state index contributed by atoms with van der Waals surface area (Å²) in [5.74, 6) is -0.0386. The van der Waals surface area contributed by atoms with Crippen molar-refractivity contribution in [2.24, 2.45) is 10.7 Å². The largest absolute Gasteiger partial charge is 0.573 e. The van der Waals surface area contributed by atoms with Crippen LogP contribution in [-0.2, 0) is 4.74 Å². The number of aliphatic imine (C=N–C) groups is 1. The van der Waals surface area contributed by atoms with Crippen LogP contribution in [0.25, 0.3) is 0 Å². The first-order chi connectivity index (χ1) is 12.9. The van der Waals surface area contributed by atoms with E-state index in [2.05, 4.69) is 19.9 Å². The third-order valence-electron chi connectivity index (χ3n) is 5.10. The van der Waals surface area contributed by atoms with Crippen molar-refractivity contribution in [3.8, 4) is 5.75 Å². The molecule has 0 amide bonds. The van der Waals surface area contributed by atoms with Crippen LogP contribution in [-0.4, -0.2) is 55.6 Å². The van der Waals surface area contributed by atoms with Gasteiger partial charge in [0, 0.05) is 24.4 Å². The zero-order valence-electron chi connectivity index (χ0n) is 15.1. The summed E-state index contributed by atoms with van der Waals surface area (Å²) < 4.78 is 46.0. The van der Waals surface area contributed by atoms with E-state index in [-0.39, 0.29) is 17.2 Å². The molecule has 0 saturated carbocycles. The molecule has 2 saturated heterocycles. The Bertz CT molecular complexity index is 637. The average molecular weight is 386 g/mol. The van der Waals surface area contributed by atoms with Gasteiger partial charge in [-0.3, -0.25) is 9.89 Å². The van der Waals surface area contributed by atoms with E-state index in [1.807, 2.05) is 0 Å². The van der Waals surface area contributed by atoms with Gasteiger partial charge in [0.05, 0.1) is 6.54 Å². The number of hydrogen-bond donors (Lipinski definition) is 2. The standard InChI is InChI=1S/C18H25F3N4O2/c19-18(20,21)27-15-5-3-14(4-6-15)24-16(22)23-13-17(7-11-26-12-8-17)25-9-1-2-10-25/h3-6H,1-2,7-13H2,(H3,22,23,24). The number of likely N-dealkylation sites (tertiary alicyclic amines) is 1. The number of guanidine groups is 1.